The van der Waals surface area contributed by atoms with Crippen LogP contribution in [0.4, 0.5) is 0 Å². The van der Waals surface area contributed by atoms with Gasteiger partial charge in [0, 0.05) is 25.1 Å². The Hall–Kier alpha value is -3.47. The van der Waals surface area contributed by atoms with Gasteiger partial charge in [-0.3, -0.25) is 4.79 Å². The molecule has 3 rings (SSSR count). The van der Waals surface area contributed by atoms with Crippen molar-refractivity contribution in [3.63, 3.8) is 0 Å². The Bertz CT molecular complexity index is 999. The van der Waals surface area contributed by atoms with Gasteiger partial charge in [-0.2, -0.15) is 0 Å². The summed E-state index contributed by atoms with van der Waals surface area (Å²) >= 11 is 0. The molecule has 142 valence electrons. The molecule has 0 bridgehead atoms. The number of esters is 1. The number of benzene rings is 2. The van der Waals surface area contributed by atoms with Crippen molar-refractivity contribution < 1.29 is 14.3 Å². The Morgan fingerprint density at radius 3 is 2.54 bits per heavy atom. The highest BCUT2D eigenvalue weighted by Crippen LogP contribution is 2.13. The van der Waals surface area contributed by atoms with Crippen molar-refractivity contribution in [1.29, 1.82) is 0 Å². The molecule has 1 aromatic heterocycles. The van der Waals surface area contributed by atoms with Crippen LogP contribution in [0.2, 0.25) is 0 Å². The molecule has 5 nitrogen and oxygen atoms in total. The molecule has 0 radical (unpaired) electrons. The summed E-state index contributed by atoms with van der Waals surface area (Å²) in [5.74, 6) is -0.835. The number of carbonyl (C=O) groups excluding carboxylic acids is 2. The van der Waals surface area contributed by atoms with Gasteiger partial charge in [0.1, 0.15) is 0 Å². The summed E-state index contributed by atoms with van der Waals surface area (Å²) in [6, 6.07) is 21.2. The topological polar surface area (TPSA) is 59.5 Å². The van der Waals surface area contributed by atoms with Gasteiger partial charge in [0.2, 0.25) is 0 Å². The maximum absolute atomic E-state index is 12.4. The van der Waals surface area contributed by atoms with Gasteiger partial charge in [0.05, 0.1) is 11.2 Å². The van der Waals surface area contributed by atoms with Crippen LogP contribution in [-0.2, 0) is 20.9 Å². The minimum absolute atomic E-state index is 0.255. The van der Waals surface area contributed by atoms with E-state index in [1.54, 1.807) is 24.9 Å². The summed E-state index contributed by atoms with van der Waals surface area (Å²) in [6.45, 7) is 2.03. The first-order valence-electron chi connectivity index (χ1n) is 9.06. The number of pyridine rings is 1. The number of likely N-dealkylation sites (N-methyl/N-ethyl adjacent to an activating group) is 1. The number of nitrogens with zero attached hydrogens (tertiary/aromatic N) is 2. The maximum Gasteiger partial charge on any atom is 0.331 e. The Balaban J connectivity index is 1.56. The number of rotatable bonds is 6. The third-order valence-electron chi connectivity index (χ3n) is 4.29. The molecular formula is C23H22N2O3. The fourth-order valence-electron chi connectivity index (χ4n) is 2.84. The Morgan fingerprint density at radius 1 is 1.04 bits per heavy atom. The molecule has 1 heterocycles. The summed E-state index contributed by atoms with van der Waals surface area (Å²) in [7, 11) is 1.69. The number of amides is 1. The molecule has 1 amide bonds. The van der Waals surface area contributed by atoms with Gasteiger partial charge in [-0.25, -0.2) is 9.78 Å². The highest BCUT2D eigenvalue weighted by Gasteiger charge is 2.20. The number of fused-ring (bicyclic) bond motifs is 1. The quantitative estimate of drug-likeness (QED) is 0.486. The van der Waals surface area contributed by atoms with Crippen LogP contribution >= 0.6 is 0 Å². The first-order valence-corrected chi connectivity index (χ1v) is 9.06. The molecule has 0 saturated carbocycles. The van der Waals surface area contributed by atoms with E-state index in [-0.39, 0.29) is 5.91 Å². The predicted molar refractivity (Wildman–Crippen MR) is 109 cm³/mol. The lowest BCUT2D eigenvalue weighted by Crippen LogP contribution is -2.36. The van der Waals surface area contributed by atoms with E-state index in [1.165, 1.54) is 6.08 Å². The molecule has 0 aliphatic heterocycles. The fourth-order valence-corrected chi connectivity index (χ4v) is 2.84. The summed E-state index contributed by atoms with van der Waals surface area (Å²) < 4.78 is 5.24. The summed E-state index contributed by atoms with van der Waals surface area (Å²) in [4.78, 5) is 30.5. The lowest BCUT2D eigenvalue weighted by Gasteiger charge is -2.21. The molecule has 0 spiro atoms. The molecule has 0 fully saturated rings. The van der Waals surface area contributed by atoms with E-state index in [9.17, 15) is 9.59 Å². The van der Waals surface area contributed by atoms with E-state index in [0.29, 0.717) is 12.2 Å². The van der Waals surface area contributed by atoms with Crippen LogP contribution in [0.5, 0.6) is 0 Å². The largest absolute Gasteiger partial charge is 0.449 e. The molecule has 5 heteroatoms. The van der Waals surface area contributed by atoms with Gasteiger partial charge in [-0.15, -0.1) is 0 Å². The van der Waals surface area contributed by atoms with Crippen LogP contribution in [0.3, 0.4) is 0 Å². The normalized spacial score (nSPS) is 12.1. The predicted octanol–water partition coefficient (Wildman–Crippen LogP) is 3.84. The van der Waals surface area contributed by atoms with Crippen molar-refractivity contribution in [3.8, 4) is 0 Å². The molecule has 0 aliphatic carbocycles. The molecule has 3 aromatic rings. The van der Waals surface area contributed by atoms with E-state index < -0.39 is 12.1 Å². The monoisotopic (exact) mass is 374 g/mol. The average molecular weight is 374 g/mol. The zero-order chi connectivity index (χ0) is 19.9. The third-order valence-corrected chi connectivity index (χ3v) is 4.29. The van der Waals surface area contributed by atoms with Gasteiger partial charge < -0.3 is 9.64 Å². The number of hydrogen-bond donors (Lipinski definition) is 0. The lowest BCUT2D eigenvalue weighted by molar-refractivity contribution is -0.154. The molecule has 0 N–H and O–H groups in total. The van der Waals surface area contributed by atoms with Gasteiger partial charge in [0.25, 0.3) is 5.91 Å². The average Bonchev–Trinajstić information content (AvgIpc) is 2.72. The molecule has 2 aromatic carbocycles. The fraction of sp³-hybridized carbons (Fsp3) is 0.174. The molecule has 0 saturated heterocycles. The van der Waals surface area contributed by atoms with E-state index in [2.05, 4.69) is 4.98 Å². The molecule has 1 unspecified atom stereocenters. The van der Waals surface area contributed by atoms with Crippen molar-refractivity contribution in [1.82, 2.24) is 9.88 Å². The van der Waals surface area contributed by atoms with E-state index >= 15 is 0 Å². The van der Waals surface area contributed by atoms with Gasteiger partial charge >= 0.3 is 5.97 Å². The summed E-state index contributed by atoms with van der Waals surface area (Å²) in [5, 5.41) is 1.03. The number of ether oxygens (including phenoxy) is 1. The first-order chi connectivity index (χ1) is 13.5. The van der Waals surface area contributed by atoms with Gasteiger partial charge in [-0.1, -0.05) is 54.6 Å². The van der Waals surface area contributed by atoms with Crippen LogP contribution in [0.25, 0.3) is 17.0 Å². The first kappa shape index (κ1) is 19.3. The zero-order valence-corrected chi connectivity index (χ0v) is 15.9. The van der Waals surface area contributed by atoms with Crippen LogP contribution in [0.1, 0.15) is 18.2 Å². The van der Waals surface area contributed by atoms with Crippen molar-refractivity contribution in [2.24, 2.45) is 0 Å². The van der Waals surface area contributed by atoms with E-state index in [0.717, 1.165) is 16.5 Å². The minimum Gasteiger partial charge on any atom is -0.449 e. The highest BCUT2D eigenvalue weighted by atomic mass is 16.5. The standard InChI is InChI=1S/C23H22N2O3/c1-17(23(27)25(2)16-18-8-4-3-5-9-18)28-22(26)15-14-20-13-12-19-10-6-7-11-21(19)24-20/h3-15,17H,16H2,1-2H3/b15-14+. The van der Waals surface area contributed by atoms with Crippen molar-refractivity contribution in [2.45, 2.75) is 19.6 Å². The maximum atomic E-state index is 12.4. The number of carbonyl (C=O) groups is 2. The highest BCUT2D eigenvalue weighted by molar-refractivity contribution is 5.90. The van der Waals surface area contributed by atoms with Crippen LogP contribution in [0.15, 0.2) is 72.8 Å². The third kappa shape index (κ3) is 5.04. The second kappa shape index (κ2) is 8.95. The SMILES string of the molecule is CC(OC(=O)/C=C/c1ccc2ccccc2n1)C(=O)N(C)Cc1ccccc1. The van der Waals surface area contributed by atoms with Crippen LogP contribution in [0, 0.1) is 0 Å². The molecule has 1 atom stereocenters. The molecule has 0 aliphatic rings. The van der Waals surface area contributed by atoms with Crippen LogP contribution < -0.4 is 0 Å². The minimum atomic E-state index is -0.865. The van der Waals surface area contributed by atoms with Gasteiger partial charge in [-0.05, 0) is 30.7 Å². The Morgan fingerprint density at radius 2 is 1.75 bits per heavy atom. The lowest BCUT2D eigenvalue weighted by atomic mass is 10.2. The second-order valence-corrected chi connectivity index (χ2v) is 6.52. The van der Waals surface area contributed by atoms with Gasteiger partial charge in [0.15, 0.2) is 6.10 Å². The molecule has 28 heavy (non-hydrogen) atoms. The van der Waals surface area contributed by atoms with E-state index in [1.807, 2.05) is 66.7 Å². The summed E-state index contributed by atoms with van der Waals surface area (Å²) in [5.41, 5.74) is 2.51. The molecular weight excluding hydrogens is 352 g/mol. The van der Waals surface area contributed by atoms with Crippen molar-refractivity contribution in [2.75, 3.05) is 7.05 Å². The number of aromatic nitrogens is 1. The van der Waals surface area contributed by atoms with Crippen LogP contribution in [-0.4, -0.2) is 34.9 Å². The zero-order valence-electron chi connectivity index (χ0n) is 15.9. The smallest absolute Gasteiger partial charge is 0.331 e. The van der Waals surface area contributed by atoms with Crippen molar-refractivity contribution in [3.05, 3.63) is 84.1 Å². The Kier molecular flexibility index (Phi) is 6.17. The summed E-state index contributed by atoms with van der Waals surface area (Å²) in [6.07, 6.45) is 2.01. The van der Waals surface area contributed by atoms with E-state index in [4.69, 9.17) is 4.74 Å². The Labute approximate surface area is 164 Å². The second-order valence-electron chi connectivity index (χ2n) is 6.52. The van der Waals surface area contributed by atoms with Crippen molar-refractivity contribution >= 4 is 28.9 Å². The number of para-hydroxylation sites is 1. The number of hydrogen-bond acceptors (Lipinski definition) is 4.